The second-order valence-electron chi connectivity index (χ2n) is 6.58. The second-order valence-corrected chi connectivity index (χ2v) is 8.06. The third-order valence-electron chi connectivity index (χ3n) is 4.69. The van der Waals surface area contributed by atoms with Crippen molar-refractivity contribution >= 4 is 29.3 Å². The lowest BCUT2D eigenvalue weighted by molar-refractivity contribution is 0.0927. The van der Waals surface area contributed by atoms with Crippen LogP contribution >= 0.6 is 23.4 Å². The lowest BCUT2D eigenvalue weighted by Crippen LogP contribution is -2.36. The molecule has 0 radical (unpaired) electrons. The summed E-state index contributed by atoms with van der Waals surface area (Å²) in [5, 5.41) is 3.91. The van der Waals surface area contributed by atoms with Gasteiger partial charge in [-0.2, -0.15) is 0 Å². The maximum Gasteiger partial charge on any atom is 0.251 e. The largest absolute Gasteiger partial charge is 0.496 e. The van der Waals surface area contributed by atoms with Crippen LogP contribution in [0.1, 0.15) is 48.0 Å². The van der Waals surface area contributed by atoms with E-state index in [1.165, 1.54) is 19.3 Å². The number of amides is 1. The highest BCUT2D eigenvalue weighted by Gasteiger charge is 2.17. The van der Waals surface area contributed by atoms with Gasteiger partial charge in [-0.1, -0.05) is 30.9 Å². The van der Waals surface area contributed by atoms with Gasteiger partial charge < -0.3 is 10.1 Å². The standard InChI is InChI=1S/C21H24ClNO2S/c1-25-20-12-7-15(21(24)23-18-5-3-2-4-6-18)13-16(20)14-26-19-10-8-17(22)9-11-19/h7-13,18H,2-6,14H2,1H3,(H,23,24). The molecular weight excluding hydrogens is 366 g/mol. The van der Waals surface area contributed by atoms with E-state index in [0.29, 0.717) is 11.6 Å². The molecule has 1 amide bonds. The number of halogens is 1. The first kappa shape index (κ1) is 19.1. The number of methoxy groups -OCH3 is 1. The molecule has 2 aromatic carbocycles. The molecule has 26 heavy (non-hydrogen) atoms. The molecular formula is C21H24ClNO2S. The van der Waals surface area contributed by atoms with E-state index in [-0.39, 0.29) is 5.91 Å². The van der Waals surface area contributed by atoms with Crippen molar-refractivity contribution in [3.63, 3.8) is 0 Å². The van der Waals surface area contributed by atoms with Crippen LogP contribution < -0.4 is 10.1 Å². The zero-order valence-corrected chi connectivity index (χ0v) is 16.5. The summed E-state index contributed by atoms with van der Waals surface area (Å²) in [7, 11) is 1.66. The van der Waals surface area contributed by atoms with Crippen LogP contribution in [0.5, 0.6) is 5.75 Å². The maximum absolute atomic E-state index is 12.6. The van der Waals surface area contributed by atoms with Gasteiger partial charge in [0.05, 0.1) is 7.11 Å². The van der Waals surface area contributed by atoms with Crippen molar-refractivity contribution in [3.05, 3.63) is 58.6 Å². The third kappa shape index (κ3) is 5.18. The van der Waals surface area contributed by atoms with E-state index < -0.39 is 0 Å². The summed E-state index contributed by atoms with van der Waals surface area (Å²) in [5.41, 5.74) is 1.71. The minimum atomic E-state index is 0.0114. The minimum absolute atomic E-state index is 0.0114. The van der Waals surface area contributed by atoms with Crippen LogP contribution in [0.15, 0.2) is 47.4 Å². The Morgan fingerprint density at radius 1 is 1.15 bits per heavy atom. The van der Waals surface area contributed by atoms with Crippen molar-refractivity contribution < 1.29 is 9.53 Å². The highest BCUT2D eigenvalue weighted by atomic mass is 35.5. The summed E-state index contributed by atoms with van der Waals surface area (Å²) in [6, 6.07) is 13.7. The van der Waals surface area contributed by atoms with Gasteiger partial charge in [0.2, 0.25) is 0 Å². The molecule has 1 aliphatic rings. The fourth-order valence-electron chi connectivity index (χ4n) is 3.24. The number of thioether (sulfide) groups is 1. The zero-order valence-electron chi connectivity index (χ0n) is 15.0. The monoisotopic (exact) mass is 389 g/mol. The molecule has 3 nitrogen and oxygen atoms in total. The summed E-state index contributed by atoms with van der Waals surface area (Å²) >= 11 is 7.64. The Morgan fingerprint density at radius 2 is 1.88 bits per heavy atom. The molecule has 0 aromatic heterocycles. The first-order valence-electron chi connectivity index (χ1n) is 9.02. The van der Waals surface area contributed by atoms with E-state index in [1.54, 1.807) is 18.9 Å². The van der Waals surface area contributed by atoms with Crippen molar-refractivity contribution in [2.24, 2.45) is 0 Å². The molecule has 0 heterocycles. The number of carbonyl (C=O) groups excluding carboxylic acids is 1. The van der Waals surface area contributed by atoms with Gasteiger partial charge in [0.1, 0.15) is 5.75 Å². The van der Waals surface area contributed by atoms with Gasteiger partial charge >= 0.3 is 0 Å². The summed E-state index contributed by atoms with van der Waals surface area (Å²) in [5.74, 6) is 1.55. The molecule has 0 bridgehead atoms. The molecule has 0 unspecified atom stereocenters. The predicted octanol–water partition coefficient (Wildman–Crippen LogP) is 5.70. The Morgan fingerprint density at radius 3 is 2.58 bits per heavy atom. The predicted molar refractivity (Wildman–Crippen MR) is 108 cm³/mol. The Balaban J connectivity index is 1.68. The maximum atomic E-state index is 12.6. The van der Waals surface area contributed by atoms with Crippen LogP contribution in [0.2, 0.25) is 5.02 Å². The Kier molecular flexibility index (Phi) is 6.86. The number of hydrogen-bond donors (Lipinski definition) is 1. The molecule has 0 atom stereocenters. The molecule has 3 rings (SSSR count). The number of benzene rings is 2. The number of nitrogens with one attached hydrogen (secondary N) is 1. The molecule has 0 spiro atoms. The Hall–Kier alpha value is -1.65. The molecule has 1 fully saturated rings. The molecule has 2 aromatic rings. The minimum Gasteiger partial charge on any atom is -0.496 e. The number of ether oxygens (including phenoxy) is 1. The number of carbonyl (C=O) groups is 1. The Bertz CT molecular complexity index is 742. The van der Waals surface area contributed by atoms with Gasteiger partial charge in [0, 0.05) is 32.8 Å². The van der Waals surface area contributed by atoms with E-state index >= 15 is 0 Å². The van der Waals surface area contributed by atoms with Gasteiger partial charge in [0.15, 0.2) is 0 Å². The van der Waals surface area contributed by atoms with Gasteiger partial charge in [-0.3, -0.25) is 4.79 Å². The van der Waals surface area contributed by atoms with E-state index in [0.717, 1.165) is 39.8 Å². The van der Waals surface area contributed by atoms with E-state index in [2.05, 4.69) is 5.32 Å². The van der Waals surface area contributed by atoms with Gasteiger partial charge in [-0.15, -0.1) is 11.8 Å². The fraction of sp³-hybridized carbons (Fsp3) is 0.381. The van der Waals surface area contributed by atoms with Crippen LogP contribution in [-0.4, -0.2) is 19.1 Å². The van der Waals surface area contributed by atoms with Gasteiger partial charge in [-0.05, 0) is 55.3 Å². The van der Waals surface area contributed by atoms with Crippen molar-refractivity contribution in [1.82, 2.24) is 5.32 Å². The third-order valence-corrected chi connectivity index (χ3v) is 6.00. The average Bonchev–Trinajstić information content (AvgIpc) is 2.68. The summed E-state index contributed by atoms with van der Waals surface area (Å²) in [6.07, 6.45) is 5.86. The van der Waals surface area contributed by atoms with Crippen LogP contribution in [0.25, 0.3) is 0 Å². The molecule has 0 saturated heterocycles. The zero-order chi connectivity index (χ0) is 18.4. The first-order chi connectivity index (χ1) is 12.7. The van der Waals surface area contributed by atoms with Crippen molar-refractivity contribution in [2.75, 3.05) is 7.11 Å². The van der Waals surface area contributed by atoms with Crippen LogP contribution in [0.3, 0.4) is 0 Å². The van der Waals surface area contributed by atoms with Crippen molar-refractivity contribution in [1.29, 1.82) is 0 Å². The molecule has 1 N–H and O–H groups in total. The quantitative estimate of drug-likeness (QED) is 0.643. The highest BCUT2D eigenvalue weighted by molar-refractivity contribution is 7.98. The SMILES string of the molecule is COc1ccc(C(=O)NC2CCCCC2)cc1CSc1ccc(Cl)cc1. The summed E-state index contributed by atoms with van der Waals surface area (Å²) in [4.78, 5) is 13.7. The number of hydrogen-bond acceptors (Lipinski definition) is 3. The Labute approximate surface area is 164 Å². The normalized spacial score (nSPS) is 14.8. The lowest BCUT2D eigenvalue weighted by Gasteiger charge is -2.23. The smallest absolute Gasteiger partial charge is 0.251 e. The lowest BCUT2D eigenvalue weighted by atomic mass is 9.95. The fourth-order valence-corrected chi connectivity index (χ4v) is 4.24. The number of rotatable bonds is 6. The highest BCUT2D eigenvalue weighted by Crippen LogP contribution is 2.29. The van der Waals surface area contributed by atoms with E-state index in [1.807, 2.05) is 42.5 Å². The molecule has 5 heteroatoms. The van der Waals surface area contributed by atoms with Gasteiger partial charge in [-0.25, -0.2) is 0 Å². The van der Waals surface area contributed by atoms with Crippen molar-refractivity contribution in [2.45, 2.75) is 48.8 Å². The second kappa shape index (κ2) is 9.33. The average molecular weight is 390 g/mol. The van der Waals surface area contributed by atoms with Crippen molar-refractivity contribution in [3.8, 4) is 5.75 Å². The molecule has 1 aliphatic carbocycles. The summed E-state index contributed by atoms with van der Waals surface area (Å²) < 4.78 is 5.47. The summed E-state index contributed by atoms with van der Waals surface area (Å²) in [6.45, 7) is 0. The van der Waals surface area contributed by atoms with E-state index in [4.69, 9.17) is 16.3 Å². The molecule has 0 aliphatic heterocycles. The van der Waals surface area contributed by atoms with E-state index in [9.17, 15) is 4.79 Å². The molecule has 1 saturated carbocycles. The topological polar surface area (TPSA) is 38.3 Å². The van der Waals surface area contributed by atoms with Crippen LogP contribution in [0, 0.1) is 0 Å². The molecule has 138 valence electrons. The first-order valence-corrected chi connectivity index (χ1v) is 10.4. The van der Waals surface area contributed by atoms with Gasteiger partial charge in [0.25, 0.3) is 5.91 Å². The van der Waals surface area contributed by atoms with Crippen LogP contribution in [0.4, 0.5) is 0 Å². The van der Waals surface area contributed by atoms with Crippen LogP contribution in [-0.2, 0) is 5.75 Å².